The normalized spacial score (nSPS) is 16.0. The first kappa shape index (κ1) is 13.6. The molecule has 4 nitrogen and oxygen atoms in total. The standard InChI is InChI=1S/C14H16N2O2S2/c15-13-4-2-1-3-12(13)10-20(17,18)16-7-5-14-11(9-16)6-8-19-14/h1-4,6,8H,5,7,9-10,15H2. The SMILES string of the molecule is Nc1ccccc1CS(=O)(=O)N1CCc2sccc2C1. The third-order valence-corrected chi connectivity index (χ3v) is 6.36. The Morgan fingerprint density at radius 3 is 2.85 bits per heavy atom. The molecule has 6 heteroatoms. The van der Waals surface area contributed by atoms with Crippen LogP contribution in [0.15, 0.2) is 35.7 Å². The molecular weight excluding hydrogens is 292 g/mol. The van der Waals surface area contributed by atoms with Crippen LogP contribution in [0.5, 0.6) is 0 Å². The molecule has 0 spiro atoms. The minimum Gasteiger partial charge on any atom is -0.398 e. The number of fused-ring (bicyclic) bond motifs is 1. The van der Waals surface area contributed by atoms with Crippen molar-refractivity contribution >= 4 is 27.0 Å². The Kier molecular flexibility index (Phi) is 3.54. The van der Waals surface area contributed by atoms with E-state index in [4.69, 9.17) is 5.73 Å². The highest BCUT2D eigenvalue weighted by Crippen LogP contribution is 2.27. The number of rotatable bonds is 3. The van der Waals surface area contributed by atoms with Crippen LogP contribution in [0.1, 0.15) is 16.0 Å². The summed E-state index contributed by atoms with van der Waals surface area (Å²) < 4.78 is 26.6. The van der Waals surface area contributed by atoms with Gasteiger partial charge in [0.05, 0.1) is 5.75 Å². The van der Waals surface area contributed by atoms with Crippen LogP contribution in [-0.2, 0) is 28.7 Å². The van der Waals surface area contributed by atoms with Crippen molar-refractivity contribution in [2.24, 2.45) is 0 Å². The first-order chi connectivity index (χ1) is 9.56. The van der Waals surface area contributed by atoms with E-state index in [9.17, 15) is 8.42 Å². The second-order valence-electron chi connectivity index (χ2n) is 4.91. The van der Waals surface area contributed by atoms with Crippen LogP contribution < -0.4 is 5.73 Å². The molecule has 1 aliphatic rings. The number of para-hydroxylation sites is 1. The third-order valence-electron chi connectivity index (χ3n) is 3.56. The van der Waals surface area contributed by atoms with E-state index >= 15 is 0 Å². The maximum absolute atomic E-state index is 12.5. The fraction of sp³-hybridized carbons (Fsp3) is 0.286. The molecule has 0 amide bonds. The van der Waals surface area contributed by atoms with Crippen molar-refractivity contribution in [2.75, 3.05) is 12.3 Å². The molecule has 1 aromatic carbocycles. The van der Waals surface area contributed by atoms with Gasteiger partial charge in [-0.2, -0.15) is 4.31 Å². The van der Waals surface area contributed by atoms with E-state index in [2.05, 4.69) is 0 Å². The maximum Gasteiger partial charge on any atom is 0.218 e. The van der Waals surface area contributed by atoms with Gasteiger partial charge in [0.15, 0.2) is 0 Å². The highest BCUT2D eigenvalue weighted by Gasteiger charge is 2.27. The van der Waals surface area contributed by atoms with Crippen molar-refractivity contribution in [3.63, 3.8) is 0 Å². The molecule has 0 aliphatic carbocycles. The summed E-state index contributed by atoms with van der Waals surface area (Å²) in [7, 11) is -3.32. The number of hydrogen-bond donors (Lipinski definition) is 1. The largest absolute Gasteiger partial charge is 0.398 e. The number of anilines is 1. The lowest BCUT2D eigenvalue weighted by Crippen LogP contribution is -2.36. The monoisotopic (exact) mass is 308 g/mol. The summed E-state index contributed by atoms with van der Waals surface area (Å²) in [6.45, 7) is 1.04. The molecular formula is C14H16N2O2S2. The summed E-state index contributed by atoms with van der Waals surface area (Å²) >= 11 is 1.70. The third kappa shape index (κ3) is 2.59. The molecule has 2 N–H and O–H groups in total. The van der Waals surface area contributed by atoms with E-state index in [0.29, 0.717) is 24.3 Å². The molecule has 0 unspecified atom stereocenters. The molecule has 20 heavy (non-hydrogen) atoms. The van der Waals surface area contributed by atoms with Crippen molar-refractivity contribution in [3.8, 4) is 0 Å². The second-order valence-corrected chi connectivity index (χ2v) is 7.88. The van der Waals surface area contributed by atoms with E-state index in [1.165, 1.54) is 4.88 Å². The van der Waals surface area contributed by atoms with E-state index < -0.39 is 10.0 Å². The number of benzene rings is 1. The zero-order valence-electron chi connectivity index (χ0n) is 11.0. The summed E-state index contributed by atoms with van der Waals surface area (Å²) in [5, 5.41) is 2.02. The van der Waals surface area contributed by atoms with Gasteiger partial charge in [-0.15, -0.1) is 11.3 Å². The van der Waals surface area contributed by atoms with Crippen LogP contribution in [0.3, 0.4) is 0 Å². The molecule has 106 valence electrons. The lowest BCUT2D eigenvalue weighted by atomic mass is 10.1. The van der Waals surface area contributed by atoms with Crippen LogP contribution in [0.2, 0.25) is 0 Å². The predicted molar refractivity (Wildman–Crippen MR) is 81.9 cm³/mol. The minimum atomic E-state index is -3.32. The topological polar surface area (TPSA) is 63.4 Å². The van der Waals surface area contributed by atoms with E-state index in [-0.39, 0.29) is 5.75 Å². The van der Waals surface area contributed by atoms with Gasteiger partial charge in [0.25, 0.3) is 0 Å². The van der Waals surface area contributed by atoms with Gasteiger partial charge in [-0.05, 0) is 35.1 Å². The van der Waals surface area contributed by atoms with Gasteiger partial charge >= 0.3 is 0 Å². The van der Waals surface area contributed by atoms with Gasteiger partial charge in [-0.3, -0.25) is 0 Å². The predicted octanol–water partition coefficient (Wildman–Crippen LogP) is 2.22. The Bertz CT molecular complexity index is 722. The van der Waals surface area contributed by atoms with Gasteiger partial charge < -0.3 is 5.73 Å². The fourth-order valence-corrected chi connectivity index (χ4v) is 4.85. The van der Waals surface area contributed by atoms with Crippen molar-refractivity contribution in [1.82, 2.24) is 4.31 Å². The maximum atomic E-state index is 12.5. The van der Waals surface area contributed by atoms with Crippen LogP contribution in [0, 0.1) is 0 Å². The molecule has 0 bridgehead atoms. The van der Waals surface area contributed by atoms with Crippen molar-refractivity contribution in [3.05, 3.63) is 51.7 Å². The molecule has 3 rings (SSSR count). The molecule has 0 saturated carbocycles. The van der Waals surface area contributed by atoms with Crippen LogP contribution in [0.25, 0.3) is 0 Å². The number of thiophene rings is 1. The highest BCUT2D eigenvalue weighted by atomic mass is 32.2. The van der Waals surface area contributed by atoms with Gasteiger partial charge in [-0.1, -0.05) is 18.2 Å². The Balaban J connectivity index is 1.82. The molecule has 2 aromatic rings. The van der Waals surface area contributed by atoms with Crippen molar-refractivity contribution in [1.29, 1.82) is 0 Å². The number of hydrogen-bond acceptors (Lipinski definition) is 4. The zero-order valence-corrected chi connectivity index (χ0v) is 12.6. The highest BCUT2D eigenvalue weighted by molar-refractivity contribution is 7.88. The quantitative estimate of drug-likeness (QED) is 0.884. The van der Waals surface area contributed by atoms with E-state index in [0.717, 1.165) is 12.0 Å². The molecule has 0 fully saturated rings. The van der Waals surface area contributed by atoms with Crippen molar-refractivity contribution in [2.45, 2.75) is 18.7 Å². The fourth-order valence-electron chi connectivity index (χ4n) is 2.41. The number of sulfonamides is 1. The Hall–Kier alpha value is -1.37. The van der Waals surface area contributed by atoms with Crippen LogP contribution >= 0.6 is 11.3 Å². The molecule has 1 aromatic heterocycles. The second kappa shape index (κ2) is 5.20. The Morgan fingerprint density at radius 1 is 1.25 bits per heavy atom. The molecule has 2 heterocycles. The summed E-state index contributed by atoms with van der Waals surface area (Å²) in [6.07, 6.45) is 0.802. The number of nitrogens with two attached hydrogens (primary N) is 1. The number of nitrogens with zero attached hydrogens (tertiary/aromatic N) is 1. The molecule has 1 aliphatic heterocycles. The average molecular weight is 308 g/mol. The zero-order chi connectivity index (χ0) is 14.2. The van der Waals surface area contributed by atoms with Crippen LogP contribution in [-0.4, -0.2) is 19.3 Å². The average Bonchev–Trinajstić information content (AvgIpc) is 2.88. The number of nitrogen functional groups attached to an aromatic ring is 1. The molecule has 0 radical (unpaired) electrons. The van der Waals surface area contributed by atoms with Gasteiger partial charge in [0.2, 0.25) is 10.0 Å². The van der Waals surface area contributed by atoms with Gasteiger partial charge in [0, 0.05) is 23.7 Å². The first-order valence-corrected chi connectivity index (χ1v) is 8.91. The van der Waals surface area contributed by atoms with Crippen molar-refractivity contribution < 1.29 is 8.42 Å². The lowest BCUT2D eigenvalue weighted by molar-refractivity contribution is 0.393. The summed E-state index contributed by atoms with van der Waals surface area (Å²) in [6, 6.07) is 9.14. The minimum absolute atomic E-state index is 0.0286. The lowest BCUT2D eigenvalue weighted by Gasteiger charge is -2.26. The smallest absolute Gasteiger partial charge is 0.218 e. The van der Waals surface area contributed by atoms with E-state index in [1.807, 2.05) is 23.6 Å². The summed E-state index contributed by atoms with van der Waals surface area (Å²) in [5.74, 6) is -0.0286. The van der Waals surface area contributed by atoms with Gasteiger partial charge in [-0.25, -0.2) is 8.42 Å². The first-order valence-electron chi connectivity index (χ1n) is 6.43. The summed E-state index contributed by atoms with van der Waals surface area (Å²) in [5.41, 5.74) is 8.17. The van der Waals surface area contributed by atoms with Gasteiger partial charge in [0.1, 0.15) is 0 Å². The Labute approximate surface area is 122 Å². The Morgan fingerprint density at radius 2 is 2.05 bits per heavy atom. The summed E-state index contributed by atoms with van der Waals surface area (Å²) in [4.78, 5) is 1.30. The molecule has 0 atom stereocenters. The van der Waals surface area contributed by atoms with E-state index in [1.54, 1.807) is 27.8 Å². The van der Waals surface area contributed by atoms with Crippen LogP contribution in [0.4, 0.5) is 5.69 Å². The molecule has 0 saturated heterocycles.